The zero-order valence-corrected chi connectivity index (χ0v) is 16.6. The van der Waals surface area contributed by atoms with Crippen LogP contribution < -0.4 is 11.5 Å². The van der Waals surface area contributed by atoms with Crippen LogP contribution >= 0.6 is 0 Å². The van der Waals surface area contributed by atoms with E-state index in [1.165, 1.54) is 11.9 Å². The number of hydrogen-bond acceptors (Lipinski definition) is 8. The van der Waals surface area contributed by atoms with Gasteiger partial charge >= 0.3 is 6.16 Å². The van der Waals surface area contributed by atoms with Crippen LogP contribution in [0, 0.1) is 17.2 Å². The Bertz CT molecular complexity index is 949. The van der Waals surface area contributed by atoms with Crippen LogP contribution in [0.1, 0.15) is 23.6 Å². The Hall–Kier alpha value is -3.51. The normalized spacial score (nSPS) is 27.9. The van der Waals surface area contributed by atoms with Crippen molar-refractivity contribution in [3.05, 3.63) is 35.4 Å². The maximum atomic E-state index is 13.0. The summed E-state index contributed by atoms with van der Waals surface area (Å²) in [6, 6.07) is 5.35. The van der Waals surface area contributed by atoms with Crippen molar-refractivity contribution in [3.63, 3.8) is 0 Å². The number of hydrogen-bond donors (Lipinski definition) is 5. The molecule has 2 saturated heterocycles. The van der Waals surface area contributed by atoms with Crippen LogP contribution in [0.15, 0.2) is 24.3 Å². The number of primary amides is 1. The van der Waals surface area contributed by atoms with Gasteiger partial charge in [0.15, 0.2) is 0 Å². The SMILES string of the molecule is CN1C(=O)C2C(c3ccc(C(=N)N)cc3)N(CCC(N)=O)C(CO)(OC(=O)O)C2C1=O. The van der Waals surface area contributed by atoms with Crippen molar-refractivity contribution >= 4 is 29.7 Å². The van der Waals surface area contributed by atoms with E-state index in [1.807, 2.05) is 0 Å². The highest BCUT2D eigenvalue weighted by Gasteiger charge is 2.70. The third-order valence-electron chi connectivity index (χ3n) is 5.87. The van der Waals surface area contributed by atoms with Gasteiger partial charge in [-0.15, -0.1) is 0 Å². The van der Waals surface area contributed by atoms with E-state index < -0.39 is 54.1 Å². The van der Waals surface area contributed by atoms with Gasteiger partial charge in [0.2, 0.25) is 23.4 Å². The standard InChI is InChI=1S/C19H23N5O7/c1-23-16(27)12-13(17(23)28)19(8-25,31-18(29)30)24(7-6-11(20)26)14(12)9-2-4-10(5-3-9)15(21)22/h2-5,12-14,25H,6-8H2,1H3,(H2,20,26)(H3,21,22)(H,29,30). The van der Waals surface area contributed by atoms with Gasteiger partial charge in [0.25, 0.3) is 0 Å². The molecule has 0 spiro atoms. The molecule has 4 unspecified atom stereocenters. The van der Waals surface area contributed by atoms with Gasteiger partial charge < -0.3 is 26.4 Å². The number of nitrogens with two attached hydrogens (primary N) is 2. The van der Waals surface area contributed by atoms with Crippen LogP contribution in [-0.2, 0) is 19.1 Å². The molecule has 0 bridgehead atoms. The van der Waals surface area contributed by atoms with E-state index in [9.17, 15) is 29.4 Å². The number of benzene rings is 1. The highest BCUT2D eigenvalue weighted by molar-refractivity contribution is 6.06. The summed E-state index contributed by atoms with van der Waals surface area (Å²) in [4.78, 5) is 51.1. The first-order chi connectivity index (χ1) is 14.5. The number of amides is 3. The summed E-state index contributed by atoms with van der Waals surface area (Å²) >= 11 is 0. The summed E-state index contributed by atoms with van der Waals surface area (Å²) in [5.74, 6) is -4.52. The molecule has 2 aliphatic rings. The molecule has 2 aliphatic heterocycles. The molecular formula is C19H23N5O7. The molecule has 0 aliphatic carbocycles. The van der Waals surface area contributed by atoms with Crippen molar-refractivity contribution in [2.24, 2.45) is 23.3 Å². The Morgan fingerprint density at radius 1 is 1.19 bits per heavy atom. The van der Waals surface area contributed by atoms with Crippen molar-refractivity contribution in [2.45, 2.75) is 18.2 Å². The first-order valence-corrected chi connectivity index (χ1v) is 9.38. The van der Waals surface area contributed by atoms with Gasteiger partial charge in [0.05, 0.1) is 18.6 Å². The first kappa shape index (κ1) is 22.2. The van der Waals surface area contributed by atoms with Crippen molar-refractivity contribution in [1.29, 1.82) is 5.41 Å². The Balaban J connectivity index is 2.20. The minimum atomic E-state index is -2.09. The number of ether oxygens (including phenoxy) is 1. The number of aliphatic hydroxyl groups excluding tert-OH is 1. The largest absolute Gasteiger partial charge is 0.507 e. The second-order valence-electron chi connectivity index (χ2n) is 7.50. The van der Waals surface area contributed by atoms with Gasteiger partial charge in [-0.25, -0.2) is 4.79 Å². The number of rotatable bonds is 7. The summed E-state index contributed by atoms with van der Waals surface area (Å²) in [5, 5.41) is 27.1. The highest BCUT2D eigenvalue weighted by Crippen LogP contribution is 2.55. The molecule has 0 saturated carbocycles. The molecular weight excluding hydrogens is 410 g/mol. The smallest absolute Gasteiger partial charge is 0.450 e. The van der Waals surface area contributed by atoms with Crippen LogP contribution in [0.3, 0.4) is 0 Å². The van der Waals surface area contributed by atoms with Crippen molar-refractivity contribution < 1.29 is 34.1 Å². The Kier molecular flexibility index (Phi) is 5.70. The van der Waals surface area contributed by atoms with E-state index in [0.717, 1.165) is 4.90 Å². The molecule has 12 heteroatoms. The van der Waals surface area contributed by atoms with Gasteiger partial charge in [-0.3, -0.25) is 29.6 Å². The van der Waals surface area contributed by atoms with E-state index >= 15 is 0 Å². The number of likely N-dealkylation sites (tertiary alicyclic amines) is 2. The van der Waals surface area contributed by atoms with Crippen LogP contribution in [0.25, 0.3) is 0 Å². The van der Waals surface area contributed by atoms with Gasteiger partial charge in [-0.1, -0.05) is 24.3 Å². The van der Waals surface area contributed by atoms with E-state index in [0.29, 0.717) is 11.1 Å². The minimum absolute atomic E-state index is 0.167. The molecule has 4 atom stereocenters. The van der Waals surface area contributed by atoms with Crippen LogP contribution in [0.2, 0.25) is 0 Å². The van der Waals surface area contributed by atoms with Gasteiger partial charge in [-0.05, 0) is 5.56 Å². The topological polar surface area (TPSA) is 200 Å². The Morgan fingerprint density at radius 3 is 2.29 bits per heavy atom. The molecule has 31 heavy (non-hydrogen) atoms. The monoisotopic (exact) mass is 433 g/mol. The molecule has 1 aromatic carbocycles. The first-order valence-electron chi connectivity index (χ1n) is 9.38. The third-order valence-corrected chi connectivity index (χ3v) is 5.87. The molecule has 3 rings (SSSR count). The van der Waals surface area contributed by atoms with E-state index in [1.54, 1.807) is 24.3 Å². The molecule has 1 aromatic rings. The van der Waals surface area contributed by atoms with Gasteiger partial charge in [-0.2, -0.15) is 0 Å². The number of nitrogen functional groups attached to an aromatic ring is 1. The second kappa shape index (κ2) is 7.96. The summed E-state index contributed by atoms with van der Waals surface area (Å²) in [6.45, 7) is -1.09. The zero-order valence-electron chi connectivity index (χ0n) is 16.6. The van der Waals surface area contributed by atoms with Crippen LogP contribution in [0.4, 0.5) is 4.79 Å². The number of carbonyl (C=O) groups is 4. The number of nitrogens with zero attached hydrogens (tertiary/aromatic N) is 2. The average Bonchev–Trinajstić information content (AvgIpc) is 3.11. The number of nitrogens with one attached hydrogen (secondary N) is 1. The van der Waals surface area contributed by atoms with Gasteiger partial charge in [0.1, 0.15) is 11.8 Å². The van der Waals surface area contributed by atoms with E-state index in [-0.39, 0.29) is 18.8 Å². The zero-order chi connectivity index (χ0) is 23.1. The lowest BCUT2D eigenvalue weighted by molar-refractivity contribution is -0.174. The minimum Gasteiger partial charge on any atom is -0.450 e. The molecule has 7 N–H and O–H groups in total. The fourth-order valence-electron chi connectivity index (χ4n) is 4.54. The lowest BCUT2D eigenvalue weighted by Crippen LogP contribution is -2.57. The maximum absolute atomic E-state index is 13.0. The van der Waals surface area contributed by atoms with Crippen LogP contribution in [-0.4, -0.2) is 75.6 Å². The quantitative estimate of drug-likeness (QED) is 0.152. The summed E-state index contributed by atoms with van der Waals surface area (Å²) in [6.07, 6.45) is -1.98. The summed E-state index contributed by atoms with van der Waals surface area (Å²) in [7, 11) is 1.27. The van der Waals surface area contributed by atoms with Gasteiger partial charge in [0, 0.05) is 25.6 Å². The second-order valence-corrected chi connectivity index (χ2v) is 7.50. The highest BCUT2D eigenvalue weighted by atomic mass is 16.7. The predicted molar refractivity (Wildman–Crippen MR) is 104 cm³/mol. The van der Waals surface area contributed by atoms with E-state index in [2.05, 4.69) is 0 Å². The fourth-order valence-corrected chi connectivity index (χ4v) is 4.54. The number of carboxylic acid groups (broad SMARTS) is 1. The Morgan fingerprint density at radius 2 is 1.81 bits per heavy atom. The third kappa shape index (κ3) is 3.49. The number of carbonyl (C=O) groups excluding carboxylic acids is 3. The maximum Gasteiger partial charge on any atom is 0.507 e. The van der Waals surface area contributed by atoms with Crippen molar-refractivity contribution in [3.8, 4) is 0 Å². The number of aliphatic hydroxyl groups is 1. The number of fused-ring (bicyclic) bond motifs is 1. The molecule has 3 amide bonds. The number of amidine groups is 1. The molecule has 166 valence electrons. The average molecular weight is 433 g/mol. The summed E-state index contributed by atoms with van der Waals surface area (Å²) in [5.41, 5.74) is 9.57. The molecule has 2 fully saturated rings. The molecule has 0 aromatic heterocycles. The van der Waals surface area contributed by atoms with E-state index in [4.69, 9.17) is 21.6 Å². The molecule has 2 heterocycles. The lowest BCUT2D eigenvalue weighted by atomic mass is 9.85. The summed E-state index contributed by atoms with van der Waals surface area (Å²) < 4.78 is 5.07. The fraction of sp³-hybridized carbons (Fsp3) is 0.421. The van der Waals surface area contributed by atoms with Crippen LogP contribution in [0.5, 0.6) is 0 Å². The molecule has 12 nitrogen and oxygen atoms in total. The predicted octanol–water partition coefficient (Wildman–Crippen LogP) is -1.18. The number of imide groups is 1. The Labute approximate surface area is 176 Å². The van der Waals surface area contributed by atoms with Crippen molar-refractivity contribution in [1.82, 2.24) is 9.80 Å². The van der Waals surface area contributed by atoms with Crippen molar-refractivity contribution in [2.75, 3.05) is 20.2 Å². The molecule has 0 radical (unpaired) electrons. The lowest BCUT2D eigenvalue weighted by Gasteiger charge is -2.40.